The van der Waals surface area contributed by atoms with Gasteiger partial charge in [0.25, 0.3) is 0 Å². The highest BCUT2D eigenvalue weighted by atomic mass is 79.9. The summed E-state index contributed by atoms with van der Waals surface area (Å²) in [6, 6.07) is 6.04. The molecule has 0 bridgehead atoms. The number of nitrogens with zero attached hydrogens (tertiary/aromatic N) is 1. The van der Waals surface area contributed by atoms with Crippen molar-refractivity contribution in [3.8, 4) is 0 Å². The van der Waals surface area contributed by atoms with Crippen LogP contribution in [0.25, 0.3) is 0 Å². The van der Waals surface area contributed by atoms with Gasteiger partial charge in [0, 0.05) is 30.0 Å². The highest BCUT2D eigenvalue weighted by Gasteiger charge is 2.26. The summed E-state index contributed by atoms with van der Waals surface area (Å²) in [5.74, 6) is 0.614. The average molecular weight is 285 g/mol. The molecule has 1 aliphatic heterocycles. The Morgan fingerprint density at radius 1 is 1.56 bits per heavy atom. The first-order valence-electron chi connectivity index (χ1n) is 5.48. The van der Waals surface area contributed by atoms with Crippen LogP contribution in [0.2, 0.25) is 0 Å². The van der Waals surface area contributed by atoms with Crippen LogP contribution in [-0.2, 0) is 0 Å². The van der Waals surface area contributed by atoms with Gasteiger partial charge < -0.3 is 15.7 Å². The van der Waals surface area contributed by atoms with E-state index in [2.05, 4.69) is 33.9 Å². The molecule has 1 unspecified atom stereocenters. The first-order chi connectivity index (χ1) is 7.61. The molecule has 0 radical (unpaired) electrons. The third-order valence-electron chi connectivity index (χ3n) is 3.14. The van der Waals surface area contributed by atoms with Crippen molar-refractivity contribution in [1.82, 2.24) is 4.90 Å². The Bertz CT molecular complexity index is 377. The second-order valence-electron chi connectivity index (χ2n) is 4.45. The molecule has 0 aromatic heterocycles. The Morgan fingerprint density at radius 2 is 2.25 bits per heavy atom. The summed E-state index contributed by atoms with van der Waals surface area (Å²) >= 11 is 3.57. The van der Waals surface area contributed by atoms with E-state index < -0.39 is 6.10 Å². The van der Waals surface area contributed by atoms with Crippen molar-refractivity contribution in [1.29, 1.82) is 0 Å². The van der Waals surface area contributed by atoms with Gasteiger partial charge in [-0.1, -0.05) is 28.1 Å². The number of likely N-dealkylation sites (tertiary alicyclic amines) is 1. The third-order valence-corrected chi connectivity index (χ3v) is 3.82. The number of aliphatic hydroxyl groups is 1. The van der Waals surface area contributed by atoms with E-state index in [9.17, 15) is 5.11 Å². The van der Waals surface area contributed by atoms with Crippen LogP contribution in [0.3, 0.4) is 0 Å². The van der Waals surface area contributed by atoms with Gasteiger partial charge in [0.05, 0.1) is 6.10 Å². The highest BCUT2D eigenvalue weighted by molar-refractivity contribution is 9.10. The van der Waals surface area contributed by atoms with Crippen molar-refractivity contribution in [2.24, 2.45) is 5.73 Å². The van der Waals surface area contributed by atoms with E-state index in [4.69, 9.17) is 5.73 Å². The summed E-state index contributed by atoms with van der Waals surface area (Å²) in [4.78, 5) is 2.29. The molecule has 1 atom stereocenters. The largest absolute Gasteiger partial charge is 0.387 e. The van der Waals surface area contributed by atoms with Crippen LogP contribution >= 0.6 is 15.9 Å². The lowest BCUT2D eigenvalue weighted by Crippen LogP contribution is -2.41. The Kier molecular flexibility index (Phi) is 3.64. The molecule has 0 aliphatic carbocycles. The zero-order chi connectivity index (χ0) is 11.7. The van der Waals surface area contributed by atoms with Gasteiger partial charge in [-0.05, 0) is 24.2 Å². The predicted molar refractivity (Wildman–Crippen MR) is 68.4 cm³/mol. The molecule has 0 spiro atoms. The summed E-state index contributed by atoms with van der Waals surface area (Å²) in [5, 5.41) is 9.64. The SMILES string of the molecule is CN1CC(c2ccc(C(O)CN)cc2Br)C1. The zero-order valence-corrected chi connectivity index (χ0v) is 10.9. The fourth-order valence-electron chi connectivity index (χ4n) is 2.11. The number of halogens is 1. The van der Waals surface area contributed by atoms with Crippen molar-refractivity contribution in [2.45, 2.75) is 12.0 Å². The minimum absolute atomic E-state index is 0.262. The number of hydrogen-bond acceptors (Lipinski definition) is 3. The van der Waals surface area contributed by atoms with Gasteiger partial charge in [-0.15, -0.1) is 0 Å². The third kappa shape index (κ3) is 2.30. The number of benzene rings is 1. The molecule has 0 saturated carbocycles. The van der Waals surface area contributed by atoms with Crippen molar-refractivity contribution in [3.63, 3.8) is 0 Å². The Morgan fingerprint density at radius 3 is 2.75 bits per heavy atom. The van der Waals surface area contributed by atoms with E-state index in [0.717, 1.165) is 23.1 Å². The quantitative estimate of drug-likeness (QED) is 0.884. The fraction of sp³-hybridized carbons (Fsp3) is 0.500. The van der Waals surface area contributed by atoms with Crippen LogP contribution in [0.5, 0.6) is 0 Å². The fourth-order valence-corrected chi connectivity index (χ4v) is 2.83. The lowest BCUT2D eigenvalue weighted by molar-refractivity contribution is 0.184. The van der Waals surface area contributed by atoms with E-state index in [-0.39, 0.29) is 6.54 Å². The van der Waals surface area contributed by atoms with Crippen molar-refractivity contribution >= 4 is 15.9 Å². The van der Waals surface area contributed by atoms with Gasteiger partial charge in [-0.3, -0.25) is 0 Å². The number of aliphatic hydroxyl groups excluding tert-OH is 1. The van der Waals surface area contributed by atoms with Crippen LogP contribution in [0.15, 0.2) is 22.7 Å². The minimum atomic E-state index is -0.561. The maximum atomic E-state index is 9.64. The van der Waals surface area contributed by atoms with Gasteiger partial charge in [0.2, 0.25) is 0 Å². The van der Waals surface area contributed by atoms with Gasteiger partial charge >= 0.3 is 0 Å². The number of likely N-dealkylation sites (N-methyl/N-ethyl adjacent to an activating group) is 1. The molecule has 3 nitrogen and oxygen atoms in total. The minimum Gasteiger partial charge on any atom is -0.387 e. The normalized spacial score (nSPS) is 19.5. The lowest BCUT2D eigenvalue weighted by atomic mass is 9.91. The van der Waals surface area contributed by atoms with Crippen LogP contribution in [0.1, 0.15) is 23.1 Å². The lowest BCUT2D eigenvalue weighted by Gasteiger charge is -2.37. The highest BCUT2D eigenvalue weighted by Crippen LogP contribution is 2.32. The van der Waals surface area contributed by atoms with Gasteiger partial charge in [-0.2, -0.15) is 0 Å². The Balaban J connectivity index is 2.17. The van der Waals surface area contributed by atoms with E-state index in [1.165, 1.54) is 5.56 Å². The Hall–Kier alpha value is -0.420. The molecule has 3 N–H and O–H groups in total. The molecule has 1 aromatic carbocycles. The predicted octanol–water partition coefficient (Wildman–Crippen LogP) is 1.47. The summed E-state index contributed by atoms with van der Waals surface area (Å²) in [6.07, 6.45) is -0.561. The molecule has 1 aliphatic rings. The van der Waals surface area contributed by atoms with Gasteiger partial charge in [0.15, 0.2) is 0 Å². The zero-order valence-electron chi connectivity index (χ0n) is 9.36. The maximum Gasteiger partial charge on any atom is 0.0912 e. The van der Waals surface area contributed by atoms with Crippen LogP contribution < -0.4 is 5.73 Å². The van der Waals surface area contributed by atoms with Crippen molar-refractivity contribution < 1.29 is 5.11 Å². The smallest absolute Gasteiger partial charge is 0.0912 e. The second kappa shape index (κ2) is 4.84. The monoisotopic (exact) mass is 284 g/mol. The molecular formula is C12H17BrN2O. The molecule has 1 heterocycles. The second-order valence-corrected chi connectivity index (χ2v) is 5.30. The molecular weight excluding hydrogens is 268 g/mol. The Labute approximate surface area is 104 Å². The van der Waals surface area contributed by atoms with E-state index >= 15 is 0 Å². The topological polar surface area (TPSA) is 49.5 Å². The van der Waals surface area contributed by atoms with Crippen LogP contribution in [-0.4, -0.2) is 36.7 Å². The number of nitrogens with two attached hydrogens (primary N) is 1. The van der Waals surface area contributed by atoms with E-state index in [1.54, 1.807) is 0 Å². The molecule has 1 aromatic rings. The number of rotatable bonds is 3. The number of hydrogen-bond donors (Lipinski definition) is 2. The van der Waals surface area contributed by atoms with E-state index in [1.807, 2.05) is 12.1 Å². The summed E-state index contributed by atoms with van der Waals surface area (Å²) in [6.45, 7) is 2.48. The standard InChI is InChI=1S/C12H17BrN2O/c1-15-6-9(7-15)10-3-2-8(4-11(10)13)12(16)5-14/h2-4,9,12,16H,5-7,14H2,1H3. The van der Waals surface area contributed by atoms with Gasteiger partial charge in [-0.25, -0.2) is 0 Å². The molecule has 1 saturated heterocycles. The first-order valence-corrected chi connectivity index (χ1v) is 6.27. The van der Waals surface area contributed by atoms with Crippen LogP contribution in [0, 0.1) is 0 Å². The van der Waals surface area contributed by atoms with Crippen molar-refractivity contribution in [3.05, 3.63) is 33.8 Å². The maximum absolute atomic E-state index is 9.64. The first kappa shape index (κ1) is 12.0. The average Bonchev–Trinajstić information content (AvgIpc) is 2.24. The molecule has 88 valence electrons. The summed E-state index contributed by atoms with van der Waals surface area (Å²) in [5.41, 5.74) is 7.64. The molecule has 1 fully saturated rings. The van der Waals surface area contributed by atoms with Crippen molar-refractivity contribution in [2.75, 3.05) is 26.7 Å². The van der Waals surface area contributed by atoms with Crippen LogP contribution in [0.4, 0.5) is 0 Å². The van der Waals surface area contributed by atoms with E-state index in [0.29, 0.717) is 5.92 Å². The summed E-state index contributed by atoms with van der Waals surface area (Å²) in [7, 11) is 2.12. The molecule has 4 heteroatoms. The van der Waals surface area contributed by atoms with Gasteiger partial charge in [0.1, 0.15) is 0 Å². The summed E-state index contributed by atoms with van der Waals surface area (Å²) < 4.78 is 1.08. The molecule has 0 amide bonds. The molecule has 16 heavy (non-hydrogen) atoms. The molecule has 2 rings (SSSR count).